The summed E-state index contributed by atoms with van der Waals surface area (Å²) in [7, 11) is 0. The Morgan fingerprint density at radius 1 is 1.38 bits per heavy atom. The van der Waals surface area contributed by atoms with Gasteiger partial charge >= 0.3 is 0 Å². The zero-order chi connectivity index (χ0) is 15.4. The number of nitrogens with one attached hydrogen (secondary N) is 1. The lowest BCUT2D eigenvalue weighted by Crippen LogP contribution is -2.62. The Labute approximate surface area is 127 Å². The van der Waals surface area contributed by atoms with Crippen LogP contribution in [0.4, 0.5) is 0 Å². The first-order valence-electron chi connectivity index (χ1n) is 8.21. The largest absolute Gasteiger partial charge is 0.378 e. The summed E-state index contributed by atoms with van der Waals surface area (Å²) < 4.78 is 5.61. The Balaban J connectivity index is 1.88. The van der Waals surface area contributed by atoms with Gasteiger partial charge in [-0.1, -0.05) is 13.8 Å². The molecule has 2 heterocycles. The number of piperazine rings is 1. The molecule has 0 saturated carbocycles. The summed E-state index contributed by atoms with van der Waals surface area (Å²) in [6.07, 6.45) is 5.21. The van der Waals surface area contributed by atoms with Crippen LogP contribution in [0, 0.1) is 5.92 Å². The fourth-order valence-electron chi connectivity index (χ4n) is 3.18. The minimum atomic E-state index is -0.356. The third kappa shape index (κ3) is 4.19. The number of hydrogen-bond donors (Lipinski definition) is 1. The molecule has 120 valence electrons. The predicted molar refractivity (Wildman–Crippen MR) is 80.8 cm³/mol. The summed E-state index contributed by atoms with van der Waals surface area (Å²) in [5, 5.41) is 2.85. The molecule has 2 saturated heterocycles. The van der Waals surface area contributed by atoms with Crippen molar-refractivity contribution in [2.45, 2.75) is 71.1 Å². The average Bonchev–Trinajstić information content (AvgIpc) is 2.92. The Bertz CT molecular complexity index is 378. The second kappa shape index (κ2) is 7.25. The lowest BCUT2D eigenvalue weighted by molar-refractivity contribution is -0.149. The number of hydrogen-bond acceptors (Lipinski definition) is 3. The Hall–Kier alpha value is -1.10. The third-order valence-corrected chi connectivity index (χ3v) is 4.40. The van der Waals surface area contributed by atoms with Gasteiger partial charge in [0.2, 0.25) is 11.8 Å². The fourth-order valence-corrected chi connectivity index (χ4v) is 3.18. The molecule has 0 bridgehead atoms. The highest BCUT2D eigenvalue weighted by molar-refractivity contribution is 5.96. The first kappa shape index (κ1) is 16.3. The molecule has 0 spiro atoms. The zero-order valence-electron chi connectivity index (χ0n) is 13.4. The molecule has 2 fully saturated rings. The fraction of sp³-hybridized carbons (Fsp3) is 0.875. The standard InChI is InChI=1S/C16H28N2O3/c1-11(2)10-14-16(20)18(12(3)15(19)17-14)8-4-6-13-7-5-9-21-13/h11-14H,4-10H2,1-3H3,(H,17,19). The van der Waals surface area contributed by atoms with Gasteiger partial charge in [-0.2, -0.15) is 0 Å². The molecule has 3 unspecified atom stereocenters. The van der Waals surface area contributed by atoms with Gasteiger partial charge in [0.15, 0.2) is 0 Å². The number of nitrogens with zero attached hydrogens (tertiary/aromatic N) is 1. The van der Waals surface area contributed by atoms with E-state index in [0.717, 1.165) is 32.3 Å². The second-order valence-electron chi connectivity index (χ2n) is 6.68. The molecule has 2 aliphatic heterocycles. The minimum absolute atomic E-state index is 0.0302. The van der Waals surface area contributed by atoms with Crippen LogP contribution in [0.15, 0.2) is 0 Å². The van der Waals surface area contributed by atoms with E-state index in [1.807, 2.05) is 6.92 Å². The Morgan fingerprint density at radius 3 is 2.76 bits per heavy atom. The monoisotopic (exact) mass is 296 g/mol. The first-order valence-corrected chi connectivity index (χ1v) is 8.21. The molecule has 2 aliphatic rings. The Morgan fingerprint density at radius 2 is 2.14 bits per heavy atom. The van der Waals surface area contributed by atoms with Crippen molar-refractivity contribution in [1.82, 2.24) is 10.2 Å². The van der Waals surface area contributed by atoms with Crippen LogP contribution < -0.4 is 5.32 Å². The van der Waals surface area contributed by atoms with Crippen LogP contribution in [-0.2, 0) is 14.3 Å². The highest BCUT2D eigenvalue weighted by Crippen LogP contribution is 2.19. The van der Waals surface area contributed by atoms with E-state index in [-0.39, 0.29) is 23.9 Å². The molecule has 21 heavy (non-hydrogen) atoms. The van der Waals surface area contributed by atoms with Gasteiger partial charge in [-0.15, -0.1) is 0 Å². The van der Waals surface area contributed by atoms with Gasteiger partial charge in [0.25, 0.3) is 0 Å². The molecule has 5 heteroatoms. The van der Waals surface area contributed by atoms with Crippen molar-refractivity contribution in [2.75, 3.05) is 13.2 Å². The summed E-state index contributed by atoms with van der Waals surface area (Å²) in [6.45, 7) is 7.47. The van der Waals surface area contributed by atoms with Crippen LogP contribution in [0.3, 0.4) is 0 Å². The van der Waals surface area contributed by atoms with E-state index in [0.29, 0.717) is 25.0 Å². The molecule has 2 rings (SSSR count). The van der Waals surface area contributed by atoms with Gasteiger partial charge in [0.1, 0.15) is 12.1 Å². The van der Waals surface area contributed by atoms with Crippen molar-refractivity contribution in [1.29, 1.82) is 0 Å². The maximum absolute atomic E-state index is 12.5. The summed E-state index contributed by atoms with van der Waals surface area (Å²) in [5.74, 6) is 0.432. The third-order valence-electron chi connectivity index (χ3n) is 4.40. The zero-order valence-corrected chi connectivity index (χ0v) is 13.4. The molecule has 2 amide bonds. The molecule has 5 nitrogen and oxygen atoms in total. The highest BCUT2D eigenvalue weighted by atomic mass is 16.5. The van der Waals surface area contributed by atoms with Gasteiger partial charge in [0.05, 0.1) is 6.10 Å². The second-order valence-corrected chi connectivity index (χ2v) is 6.68. The number of carbonyl (C=O) groups is 2. The van der Waals surface area contributed by atoms with Crippen LogP contribution in [0.5, 0.6) is 0 Å². The van der Waals surface area contributed by atoms with Crippen LogP contribution in [0.1, 0.15) is 52.9 Å². The van der Waals surface area contributed by atoms with Gasteiger partial charge in [0, 0.05) is 13.2 Å². The molecular weight excluding hydrogens is 268 g/mol. The molecule has 3 atom stereocenters. The summed E-state index contributed by atoms with van der Waals surface area (Å²) in [4.78, 5) is 26.3. The lowest BCUT2D eigenvalue weighted by Gasteiger charge is -2.38. The summed E-state index contributed by atoms with van der Waals surface area (Å²) >= 11 is 0. The van der Waals surface area contributed by atoms with Crippen molar-refractivity contribution in [3.63, 3.8) is 0 Å². The van der Waals surface area contributed by atoms with Crippen molar-refractivity contribution in [2.24, 2.45) is 5.92 Å². The van der Waals surface area contributed by atoms with Gasteiger partial charge in [-0.25, -0.2) is 0 Å². The van der Waals surface area contributed by atoms with Crippen molar-refractivity contribution >= 4 is 11.8 Å². The predicted octanol–water partition coefficient (Wildman–Crippen LogP) is 1.71. The van der Waals surface area contributed by atoms with Crippen LogP contribution in [0.25, 0.3) is 0 Å². The summed E-state index contributed by atoms with van der Waals surface area (Å²) in [5.41, 5.74) is 0. The first-order chi connectivity index (χ1) is 9.99. The van der Waals surface area contributed by atoms with Crippen LogP contribution in [0.2, 0.25) is 0 Å². The van der Waals surface area contributed by atoms with Crippen LogP contribution >= 0.6 is 0 Å². The van der Waals surface area contributed by atoms with Gasteiger partial charge in [-0.3, -0.25) is 9.59 Å². The van der Waals surface area contributed by atoms with E-state index in [1.54, 1.807) is 4.90 Å². The number of rotatable bonds is 6. The normalized spacial score (nSPS) is 30.1. The van der Waals surface area contributed by atoms with E-state index >= 15 is 0 Å². The lowest BCUT2D eigenvalue weighted by atomic mass is 9.98. The molecule has 0 aliphatic carbocycles. The van der Waals surface area contributed by atoms with Crippen molar-refractivity contribution in [3.05, 3.63) is 0 Å². The topological polar surface area (TPSA) is 58.6 Å². The molecule has 0 aromatic carbocycles. The van der Waals surface area contributed by atoms with E-state index in [1.165, 1.54) is 0 Å². The molecule has 1 N–H and O–H groups in total. The Kier molecular flexibility index (Phi) is 5.62. The van der Waals surface area contributed by atoms with E-state index in [4.69, 9.17) is 4.74 Å². The van der Waals surface area contributed by atoms with Crippen molar-refractivity contribution < 1.29 is 14.3 Å². The molecule has 0 aromatic heterocycles. The molecular formula is C16H28N2O3. The van der Waals surface area contributed by atoms with Gasteiger partial charge < -0.3 is 15.0 Å². The summed E-state index contributed by atoms with van der Waals surface area (Å²) in [6, 6.07) is -0.707. The maximum atomic E-state index is 12.5. The van der Waals surface area contributed by atoms with E-state index < -0.39 is 0 Å². The van der Waals surface area contributed by atoms with E-state index in [2.05, 4.69) is 19.2 Å². The highest BCUT2D eigenvalue weighted by Gasteiger charge is 2.37. The smallest absolute Gasteiger partial charge is 0.245 e. The minimum Gasteiger partial charge on any atom is -0.378 e. The molecule has 0 radical (unpaired) electrons. The van der Waals surface area contributed by atoms with Crippen LogP contribution in [-0.4, -0.2) is 48.1 Å². The maximum Gasteiger partial charge on any atom is 0.245 e. The SMILES string of the molecule is CC(C)CC1NC(=O)C(C)N(CCCC2CCCO2)C1=O. The van der Waals surface area contributed by atoms with Crippen molar-refractivity contribution in [3.8, 4) is 0 Å². The van der Waals surface area contributed by atoms with E-state index in [9.17, 15) is 9.59 Å². The number of ether oxygens (including phenoxy) is 1. The quantitative estimate of drug-likeness (QED) is 0.812. The molecule has 0 aromatic rings. The number of amides is 2. The number of carbonyl (C=O) groups excluding carboxylic acids is 2. The van der Waals surface area contributed by atoms with Gasteiger partial charge in [-0.05, 0) is 44.9 Å². The average molecular weight is 296 g/mol.